The van der Waals surface area contributed by atoms with Crippen LogP contribution >= 0.6 is 0 Å². The number of piperidine rings is 1. The van der Waals surface area contributed by atoms with Crippen LogP contribution in [0.1, 0.15) is 42.9 Å². The third-order valence-electron chi connectivity index (χ3n) is 5.27. The van der Waals surface area contributed by atoms with Crippen molar-refractivity contribution in [3.8, 4) is 0 Å². The lowest BCUT2D eigenvalue weighted by Crippen LogP contribution is -2.31. The maximum absolute atomic E-state index is 9.36. The van der Waals surface area contributed by atoms with Crippen LogP contribution in [0.3, 0.4) is 0 Å². The molecule has 0 amide bonds. The Hall–Kier alpha value is -1.72. The Morgan fingerprint density at radius 2 is 1.92 bits per heavy atom. The molecule has 0 aliphatic carbocycles. The van der Waals surface area contributed by atoms with Gasteiger partial charge in [0.25, 0.3) is 0 Å². The lowest BCUT2D eigenvalue weighted by atomic mass is 9.93. The molecular weight excluding hydrogens is 312 g/mol. The van der Waals surface area contributed by atoms with Gasteiger partial charge in [-0.25, -0.2) is 9.67 Å². The summed E-state index contributed by atoms with van der Waals surface area (Å²) in [5, 5.41) is 14.1. The summed E-state index contributed by atoms with van der Waals surface area (Å²) in [4.78, 5) is 7.22. The van der Waals surface area contributed by atoms with Gasteiger partial charge in [-0.2, -0.15) is 5.10 Å². The SMILES string of the molecule is C[C@H](Cc1nc(CC2CCN(C)CC2)nn1CCO)c1ccccc1. The number of benzene rings is 1. The van der Waals surface area contributed by atoms with Gasteiger partial charge in [-0.05, 0) is 50.4 Å². The molecule has 2 heterocycles. The smallest absolute Gasteiger partial charge is 0.151 e. The highest BCUT2D eigenvalue weighted by atomic mass is 16.3. The van der Waals surface area contributed by atoms with Crippen LogP contribution in [0.25, 0.3) is 0 Å². The molecule has 1 fully saturated rings. The molecule has 5 heteroatoms. The first kappa shape index (κ1) is 18.1. The van der Waals surface area contributed by atoms with Crippen LogP contribution in [0.15, 0.2) is 30.3 Å². The number of aromatic nitrogens is 3. The van der Waals surface area contributed by atoms with Gasteiger partial charge >= 0.3 is 0 Å². The highest BCUT2D eigenvalue weighted by molar-refractivity contribution is 5.20. The van der Waals surface area contributed by atoms with E-state index in [1.165, 1.54) is 31.5 Å². The number of nitrogens with zero attached hydrogens (tertiary/aromatic N) is 4. The minimum Gasteiger partial charge on any atom is -0.394 e. The topological polar surface area (TPSA) is 54.2 Å². The Bertz CT molecular complexity index is 647. The average Bonchev–Trinajstić information content (AvgIpc) is 2.99. The zero-order chi connectivity index (χ0) is 17.6. The second-order valence-corrected chi connectivity index (χ2v) is 7.36. The Balaban J connectivity index is 1.69. The minimum atomic E-state index is 0.101. The van der Waals surface area contributed by atoms with Crippen LogP contribution < -0.4 is 0 Å². The fourth-order valence-corrected chi connectivity index (χ4v) is 3.64. The molecular formula is C20H30N4O. The van der Waals surface area contributed by atoms with Crippen LogP contribution in [0, 0.1) is 5.92 Å². The van der Waals surface area contributed by atoms with E-state index in [0.29, 0.717) is 18.4 Å². The summed E-state index contributed by atoms with van der Waals surface area (Å²) in [6.45, 7) is 5.19. The molecule has 1 aliphatic heterocycles. The van der Waals surface area contributed by atoms with Crippen LogP contribution in [-0.2, 0) is 19.4 Å². The van der Waals surface area contributed by atoms with E-state index in [2.05, 4.69) is 43.1 Å². The summed E-state index contributed by atoms with van der Waals surface area (Å²) in [7, 11) is 2.19. The van der Waals surface area contributed by atoms with Gasteiger partial charge < -0.3 is 10.0 Å². The molecule has 5 nitrogen and oxygen atoms in total. The van der Waals surface area contributed by atoms with E-state index in [0.717, 1.165) is 24.5 Å². The Morgan fingerprint density at radius 3 is 2.60 bits per heavy atom. The van der Waals surface area contributed by atoms with Crippen LogP contribution in [0.4, 0.5) is 0 Å². The number of aliphatic hydroxyl groups is 1. The fourth-order valence-electron chi connectivity index (χ4n) is 3.64. The largest absolute Gasteiger partial charge is 0.394 e. The molecule has 0 unspecified atom stereocenters. The summed E-state index contributed by atoms with van der Waals surface area (Å²) < 4.78 is 1.91. The predicted molar refractivity (Wildman–Crippen MR) is 99.6 cm³/mol. The highest BCUT2D eigenvalue weighted by Crippen LogP contribution is 2.22. The van der Waals surface area contributed by atoms with Crippen LogP contribution in [0.2, 0.25) is 0 Å². The molecule has 0 bridgehead atoms. The number of hydrogen-bond donors (Lipinski definition) is 1. The van der Waals surface area contributed by atoms with Crippen molar-refractivity contribution < 1.29 is 5.11 Å². The zero-order valence-electron chi connectivity index (χ0n) is 15.4. The normalized spacial score (nSPS) is 17.7. The molecule has 2 aromatic rings. The van der Waals surface area contributed by atoms with Crippen molar-refractivity contribution in [2.75, 3.05) is 26.7 Å². The van der Waals surface area contributed by atoms with Crippen LogP contribution in [-0.4, -0.2) is 51.5 Å². The second kappa shape index (κ2) is 8.59. The molecule has 0 radical (unpaired) electrons. The van der Waals surface area contributed by atoms with E-state index in [4.69, 9.17) is 10.1 Å². The number of rotatable bonds is 7. The molecule has 1 atom stereocenters. The summed E-state index contributed by atoms with van der Waals surface area (Å²) in [6, 6.07) is 10.5. The van der Waals surface area contributed by atoms with Gasteiger partial charge in [-0.1, -0.05) is 37.3 Å². The van der Waals surface area contributed by atoms with E-state index in [9.17, 15) is 5.11 Å². The second-order valence-electron chi connectivity index (χ2n) is 7.36. The first-order chi connectivity index (χ1) is 12.2. The van der Waals surface area contributed by atoms with Crippen molar-refractivity contribution in [2.24, 2.45) is 5.92 Å². The molecule has 3 rings (SSSR count). The van der Waals surface area contributed by atoms with E-state index >= 15 is 0 Å². The third kappa shape index (κ3) is 4.89. The van der Waals surface area contributed by atoms with E-state index < -0.39 is 0 Å². The Morgan fingerprint density at radius 1 is 1.20 bits per heavy atom. The van der Waals surface area contributed by atoms with E-state index in [-0.39, 0.29) is 6.61 Å². The molecule has 0 spiro atoms. The number of likely N-dealkylation sites (tertiary alicyclic amines) is 1. The molecule has 1 aromatic carbocycles. The van der Waals surface area contributed by atoms with E-state index in [1.54, 1.807) is 0 Å². The number of hydrogen-bond acceptors (Lipinski definition) is 4. The summed E-state index contributed by atoms with van der Waals surface area (Å²) >= 11 is 0. The van der Waals surface area contributed by atoms with Gasteiger partial charge in [0.15, 0.2) is 5.82 Å². The van der Waals surface area contributed by atoms with Crippen molar-refractivity contribution in [1.29, 1.82) is 0 Å². The zero-order valence-corrected chi connectivity index (χ0v) is 15.4. The molecule has 136 valence electrons. The molecule has 1 aliphatic rings. The predicted octanol–water partition coefficient (Wildman–Crippen LogP) is 2.50. The van der Waals surface area contributed by atoms with Gasteiger partial charge in [0.05, 0.1) is 13.2 Å². The minimum absolute atomic E-state index is 0.101. The Labute approximate surface area is 150 Å². The lowest BCUT2D eigenvalue weighted by Gasteiger charge is -2.28. The molecule has 1 saturated heterocycles. The lowest BCUT2D eigenvalue weighted by molar-refractivity contribution is 0.217. The summed E-state index contributed by atoms with van der Waals surface area (Å²) in [6.07, 6.45) is 4.25. The van der Waals surface area contributed by atoms with Crippen molar-refractivity contribution in [2.45, 2.75) is 45.1 Å². The first-order valence-electron chi connectivity index (χ1n) is 9.42. The van der Waals surface area contributed by atoms with Crippen molar-refractivity contribution in [1.82, 2.24) is 19.7 Å². The summed E-state index contributed by atoms with van der Waals surface area (Å²) in [5.74, 6) is 3.01. The highest BCUT2D eigenvalue weighted by Gasteiger charge is 2.20. The average molecular weight is 342 g/mol. The van der Waals surface area contributed by atoms with Crippen molar-refractivity contribution >= 4 is 0 Å². The molecule has 25 heavy (non-hydrogen) atoms. The fraction of sp³-hybridized carbons (Fsp3) is 0.600. The maximum atomic E-state index is 9.36. The third-order valence-corrected chi connectivity index (χ3v) is 5.27. The van der Waals surface area contributed by atoms with Gasteiger partial charge in [-0.3, -0.25) is 0 Å². The standard InChI is InChI=1S/C20H30N4O/c1-16(18-6-4-3-5-7-18)14-20-21-19(22-24(20)12-13-25)15-17-8-10-23(2)11-9-17/h3-7,16-17,25H,8-15H2,1-2H3/t16-/m1/s1. The van der Waals surface area contributed by atoms with Gasteiger partial charge in [-0.15, -0.1) is 0 Å². The van der Waals surface area contributed by atoms with Crippen LogP contribution in [0.5, 0.6) is 0 Å². The van der Waals surface area contributed by atoms with Gasteiger partial charge in [0, 0.05) is 12.8 Å². The quantitative estimate of drug-likeness (QED) is 0.840. The molecule has 1 N–H and O–H groups in total. The molecule has 0 saturated carbocycles. The van der Waals surface area contributed by atoms with Crippen molar-refractivity contribution in [3.63, 3.8) is 0 Å². The van der Waals surface area contributed by atoms with Crippen molar-refractivity contribution in [3.05, 3.63) is 47.5 Å². The number of aliphatic hydroxyl groups excluding tert-OH is 1. The molecule has 1 aromatic heterocycles. The maximum Gasteiger partial charge on any atom is 0.151 e. The monoisotopic (exact) mass is 342 g/mol. The Kier molecular flexibility index (Phi) is 6.21. The first-order valence-corrected chi connectivity index (χ1v) is 9.42. The van der Waals surface area contributed by atoms with E-state index in [1.807, 2.05) is 10.7 Å². The van der Waals surface area contributed by atoms with Gasteiger partial charge in [0.1, 0.15) is 5.82 Å². The van der Waals surface area contributed by atoms with Gasteiger partial charge in [0.2, 0.25) is 0 Å². The summed E-state index contributed by atoms with van der Waals surface area (Å²) in [5.41, 5.74) is 1.32.